The largest absolute Gasteiger partial charge is 0.396 e. The third-order valence-electron chi connectivity index (χ3n) is 3.84. The highest BCUT2D eigenvalue weighted by Gasteiger charge is 2.26. The molecule has 2 atom stereocenters. The Morgan fingerprint density at radius 2 is 2.19 bits per heavy atom. The second-order valence-corrected chi connectivity index (χ2v) is 5.71. The monoisotopic (exact) mass is 245 g/mol. The Hall–Kier alpha value is 0.270. The van der Waals surface area contributed by atoms with Crippen LogP contribution < -0.4 is 0 Å². The van der Waals surface area contributed by atoms with Crippen LogP contribution in [0, 0.1) is 11.8 Å². The van der Waals surface area contributed by atoms with E-state index in [0.29, 0.717) is 18.6 Å². The molecule has 3 heteroatoms. The summed E-state index contributed by atoms with van der Waals surface area (Å²) in [6.07, 6.45) is 4.76. The summed E-state index contributed by atoms with van der Waals surface area (Å²) in [6, 6.07) is 0.716. The van der Waals surface area contributed by atoms with Crippen molar-refractivity contribution in [3.63, 3.8) is 0 Å². The Morgan fingerprint density at radius 1 is 1.44 bits per heavy atom. The molecule has 1 heterocycles. The van der Waals surface area contributed by atoms with Crippen molar-refractivity contribution in [3.8, 4) is 0 Å². The van der Waals surface area contributed by atoms with Crippen LogP contribution in [0.3, 0.4) is 0 Å². The Bertz CT molecular complexity index is 187. The highest BCUT2D eigenvalue weighted by molar-refractivity contribution is 7.80. The van der Waals surface area contributed by atoms with Gasteiger partial charge in [-0.2, -0.15) is 12.6 Å². The van der Waals surface area contributed by atoms with Crippen LogP contribution in [0.4, 0.5) is 0 Å². The van der Waals surface area contributed by atoms with Crippen LogP contribution >= 0.6 is 12.6 Å². The third-order valence-corrected chi connectivity index (χ3v) is 4.31. The fourth-order valence-electron chi connectivity index (χ4n) is 2.57. The van der Waals surface area contributed by atoms with E-state index in [0.717, 1.165) is 24.5 Å². The minimum Gasteiger partial charge on any atom is -0.396 e. The van der Waals surface area contributed by atoms with Crippen LogP contribution in [0.5, 0.6) is 0 Å². The van der Waals surface area contributed by atoms with Gasteiger partial charge in [0.2, 0.25) is 0 Å². The number of aliphatic hydroxyl groups is 1. The molecule has 1 aliphatic rings. The molecular weight excluding hydrogens is 218 g/mol. The van der Waals surface area contributed by atoms with Gasteiger partial charge < -0.3 is 10.0 Å². The van der Waals surface area contributed by atoms with Gasteiger partial charge in [0, 0.05) is 19.2 Å². The first kappa shape index (κ1) is 14.3. The normalized spacial score (nSPS) is 24.2. The lowest BCUT2D eigenvalue weighted by Crippen LogP contribution is -2.36. The maximum atomic E-state index is 8.90. The van der Waals surface area contributed by atoms with E-state index in [4.69, 9.17) is 5.11 Å². The number of aliphatic hydroxyl groups excluding tert-OH is 1. The van der Waals surface area contributed by atoms with Crippen molar-refractivity contribution in [1.29, 1.82) is 0 Å². The van der Waals surface area contributed by atoms with Crippen molar-refractivity contribution in [3.05, 3.63) is 0 Å². The van der Waals surface area contributed by atoms with E-state index in [1.165, 1.54) is 25.9 Å². The van der Waals surface area contributed by atoms with Gasteiger partial charge in [-0.3, -0.25) is 0 Å². The molecule has 0 saturated carbocycles. The van der Waals surface area contributed by atoms with E-state index >= 15 is 0 Å². The number of nitrogens with zero attached hydrogens (tertiary/aromatic N) is 1. The van der Waals surface area contributed by atoms with E-state index in [1.54, 1.807) is 0 Å². The summed E-state index contributed by atoms with van der Waals surface area (Å²) in [5.74, 6) is 2.41. The maximum Gasteiger partial charge on any atom is 0.0431 e. The third kappa shape index (κ3) is 4.27. The van der Waals surface area contributed by atoms with Gasteiger partial charge in [0.25, 0.3) is 0 Å². The Morgan fingerprint density at radius 3 is 2.75 bits per heavy atom. The number of hydrogen-bond acceptors (Lipinski definition) is 3. The standard InChI is InChI=1S/C13H27NOS/c1-11(2)12(10-16)9-14-7-3-5-13(14)6-4-8-15/h11-13,15-16H,3-10H2,1-2H3. The number of rotatable bonds is 7. The van der Waals surface area contributed by atoms with E-state index in [1.807, 2.05) is 0 Å². The van der Waals surface area contributed by atoms with Gasteiger partial charge >= 0.3 is 0 Å². The Balaban J connectivity index is 2.38. The average molecular weight is 245 g/mol. The zero-order chi connectivity index (χ0) is 12.0. The molecule has 96 valence electrons. The molecule has 0 bridgehead atoms. The molecule has 0 radical (unpaired) electrons. The van der Waals surface area contributed by atoms with Crippen LogP contribution in [0.25, 0.3) is 0 Å². The summed E-state index contributed by atoms with van der Waals surface area (Å²) in [5, 5.41) is 8.90. The molecule has 0 aromatic rings. The zero-order valence-electron chi connectivity index (χ0n) is 10.7. The summed E-state index contributed by atoms with van der Waals surface area (Å²) in [4.78, 5) is 2.62. The molecule has 1 fully saturated rings. The SMILES string of the molecule is CC(C)C(CS)CN1CCCC1CCCO. The molecule has 0 spiro atoms. The van der Waals surface area contributed by atoms with Gasteiger partial charge in [0.05, 0.1) is 0 Å². The second kappa shape index (κ2) is 7.57. The number of likely N-dealkylation sites (tertiary alicyclic amines) is 1. The van der Waals surface area contributed by atoms with Crippen molar-refractivity contribution in [1.82, 2.24) is 4.90 Å². The van der Waals surface area contributed by atoms with Gasteiger partial charge in [0.15, 0.2) is 0 Å². The fourth-order valence-corrected chi connectivity index (χ4v) is 3.11. The molecule has 0 aliphatic carbocycles. The van der Waals surface area contributed by atoms with Crippen molar-refractivity contribution in [2.75, 3.05) is 25.4 Å². The van der Waals surface area contributed by atoms with Crippen LogP contribution in [0.2, 0.25) is 0 Å². The lowest BCUT2D eigenvalue weighted by molar-refractivity contribution is 0.180. The topological polar surface area (TPSA) is 23.5 Å². The molecule has 0 amide bonds. The molecule has 2 unspecified atom stereocenters. The smallest absolute Gasteiger partial charge is 0.0431 e. The molecule has 1 aliphatic heterocycles. The fraction of sp³-hybridized carbons (Fsp3) is 1.00. The van der Waals surface area contributed by atoms with Crippen molar-refractivity contribution < 1.29 is 5.11 Å². The highest BCUT2D eigenvalue weighted by atomic mass is 32.1. The van der Waals surface area contributed by atoms with Crippen LogP contribution in [0.15, 0.2) is 0 Å². The van der Waals surface area contributed by atoms with Crippen LogP contribution in [-0.4, -0.2) is 41.5 Å². The van der Waals surface area contributed by atoms with Crippen molar-refractivity contribution in [2.24, 2.45) is 11.8 Å². The van der Waals surface area contributed by atoms with Crippen LogP contribution in [0.1, 0.15) is 39.5 Å². The maximum absolute atomic E-state index is 8.90. The lowest BCUT2D eigenvalue weighted by Gasteiger charge is -2.30. The first-order valence-corrected chi connectivity index (χ1v) is 7.28. The zero-order valence-corrected chi connectivity index (χ0v) is 11.6. The number of hydrogen-bond donors (Lipinski definition) is 2. The summed E-state index contributed by atoms with van der Waals surface area (Å²) in [6.45, 7) is 7.36. The average Bonchev–Trinajstić information content (AvgIpc) is 2.69. The van der Waals surface area contributed by atoms with Gasteiger partial charge in [0.1, 0.15) is 0 Å². The predicted molar refractivity (Wildman–Crippen MR) is 73.1 cm³/mol. The van der Waals surface area contributed by atoms with E-state index in [2.05, 4.69) is 31.4 Å². The van der Waals surface area contributed by atoms with Crippen LogP contribution in [-0.2, 0) is 0 Å². The molecule has 1 rings (SSSR count). The first-order chi connectivity index (χ1) is 7.69. The summed E-state index contributed by atoms with van der Waals surface area (Å²) < 4.78 is 0. The molecule has 16 heavy (non-hydrogen) atoms. The predicted octanol–water partition coefficient (Wildman–Crippen LogP) is 2.43. The second-order valence-electron chi connectivity index (χ2n) is 5.34. The highest BCUT2D eigenvalue weighted by Crippen LogP contribution is 2.24. The summed E-state index contributed by atoms with van der Waals surface area (Å²) in [7, 11) is 0. The first-order valence-electron chi connectivity index (χ1n) is 6.64. The van der Waals surface area contributed by atoms with Gasteiger partial charge in [-0.25, -0.2) is 0 Å². The molecule has 1 saturated heterocycles. The molecule has 0 aromatic heterocycles. The van der Waals surface area contributed by atoms with E-state index in [9.17, 15) is 0 Å². The summed E-state index contributed by atoms with van der Waals surface area (Å²) in [5.41, 5.74) is 0. The quantitative estimate of drug-likeness (QED) is 0.673. The Labute approximate surface area is 106 Å². The summed E-state index contributed by atoms with van der Waals surface area (Å²) >= 11 is 4.46. The van der Waals surface area contributed by atoms with E-state index in [-0.39, 0.29) is 0 Å². The van der Waals surface area contributed by atoms with Crippen molar-refractivity contribution in [2.45, 2.75) is 45.6 Å². The molecule has 1 N–H and O–H groups in total. The van der Waals surface area contributed by atoms with Gasteiger partial charge in [-0.1, -0.05) is 13.8 Å². The minimum absolute atomic E-state index is 0.338. The van der Waals surface area contributed by atoms with Gasteiger partial charge in [-0.15, -0.1) is 0 Å². The van der Waals surface area contributed by atoms with Gasteiger partial charge in [-0.05, 0) is 49.8 Å². The Kier molecular flexibility index (Phi) is 6.78. The van der Waals surface area contributed by atoms with E-state index < -0.39 is 0 Å². The molecular formula is C13H27NOS. The van der Waals surface area contributed by atoms with Crippen molar-refractivity contribution >= 4 is 12.6 Å². The minimum atomic E-state index is 0.338. The lowest BCUT2D eigenvalue weighted by atomic mass is 9.96. The molecule has 2 nitrogen and oxygen atoms in total. The molecule has 0 aromatic carbocycles. The number of thiol groups is 1.